The molecule has 4 rings (SSSR count). The number of aryl methyl sites for hydroxylation is 1. The van der Waals surface area contributed by atoms with Gasteiger partial charge in [-0.05, 0) is 61.0 Å². The van der Waals surface area contributed by atoms with Crippen molar-refractivity contribution >= 4 is 48.9 Å². The molecule has 1 heterocycles. The Kier molecular flexibility index (Phi) is 7.67. The molecule has 2 N–H and O–H groups in total. The molecule has 12 heteroatoms. The molecule has 0 saturated carbocycles. The summed E-state index contributed by atoms with van der Waals surface area (Å²) in [6.45, 7) is 2.84. The number of hydrogen-bond acceptors (Lipinski definition) is 6. The second-order valence-corrected chi connectivity index (χ2v) is 12.1. The van der Waals surface area contributed by atoms with Crippen molar-refractivity contribution in [1.82, 2.24) is 4.31 Å². The minimum absolute atomic E-state index is 0.0142. The fourth-order valence-electron chi connectivity index (χ4n) is 3.58. The Labute approximate surface area is 215 Å². The molecule has 1 fully saturated rings. The predicted molar refractivity (Wildman–Crippen MR) is 137 cm³/mol. The van der Waals surface area contributed by atoms with E-state index < -0.39 is 26.0 Å². The fraction of sp³-hybridized carbons (Fsp3) is 0.208. The lowest BCUT2D eigenvalue weighted by Gasteiger charge is -2.26. The van der Waals surface area contributed by atoms with Crippen LogP contribution in [0.1, 0.15) is 15.9 Å². The number of morpholine rings is 1. The number of benzene rings is 3. The van der Waals surface area contributed by atoms with Gasteiger partial charge in [0.2, 0.25) is 10.0 Å². The van der Waals surface area contributed by atoms with Crippen molar-refractivity contribution in [3.8, 4) is 0 Å². The molecule has 1 saturated heterocycles. The molecule has 3 aromatic rings. The minimum Gasteiger partial charge on any atom is -0.379 e. The summed E-state index contributed by atoms with van der Waals surface area (Å²) in [7, 11) is -7.65. The molecule has 190 valence electrons. The largest absolute Gasteiger partial charge is 0.379 e. The maximum Gasteiger partial charge on any atom is 0.261 e. The Balaban J connectivity index is 1.51. The average Bonchev–Trinajstić information content (AvgIpc) is 2.86. The Bertz CT molecular complexity index is 1490. The Morgan fingerprint density at radius 2 is 1.56 bits per heavy atom. The summed E-state index contributed by atoms with van der Waals surface area (Å²) < 4.78 is 60.4. The quantitative estimate of drug-likeness (QED) is 0.463. The highest BCUT2D eigenvalue weighted by atomic mass is 35.5. The van der Waals surface area contributed by atoms with E-state index in [0.29, 0.717) is 24.6 Å². The molecule has 0 atom stereocenters. The maximum atomic E-state index is 12.9. The van der Waals surface area contributed by atoms with Gasteiger partial charge in [0.15, 0.2) is 0 Å². The number of nitrogens with one attached hydrogen (secondary N) is 2. The summed E-state index contributed by atoms with van der Waals surface area (Å²) >= 11 is 6.19. The number of hydrogen-bond donors (Lipinski definition) is 2. The molecule has 0 aromatic heterocycles. The van der Waals surface area contributed by atoms with Crippen molar-refractivity contribution in [2.45, 2.75) is 16.7 Å². The van der Waals surface area contributed by atoms with Gasteiger partial charge in [0.05, 0.1) is 39.3 Å². The van der Waals surface area contributed by atoms with Crippen molar-refractivity contribution in [1.29, 1.82) is 0 Å². The lowest BCUT2D eigenvalue weighted by Crippen LogP contribution is -2.40. The first-order valence-corrected chi connectivity index (χ1v) is 14.3. The number of anilines is 2. The van der Waals surface area contributed by atoms with Crippen molar-refractivity contribution in [3.63, 3.8) is 0 Å². The third kappa shape index (κ3) is 5.71. The van der Waals surface area contributed by atoms with Gasteiger partial charge in [0.25, 0.3) is 15.9 Å². The van der Waals surface area contributed by atoms with Crippen LogP contribution in [0.15, 0.2) is 76.5 Å². The van der Waals surface area contributed by atoms with Gasteiger partial charge in [-0.15, -0.1) is 0 Å². The smallest absolute Gasteiger partial charge is 0.261 e. The Morgan fingerprint density at radius 1 is 0.917 bits per heavy atom. The summed E-state index contributed by atoms with van der Waals surface area (Å²) in [5.74, 6) is -0.632. The molecule has 0 spiro atoms. The lowest BCUT2D eigenvalue weighted by molar-refractivity contribution is 0.0730. The van der Waals surface area contributed by atoms with Crippen LogP contribution in [0.5, 0.6) is 0 Å². The van der Waals surface area contributed by atoms with Crippen molar-refractivity contribution < 1.29 is 26.4 Å². The van der Waals surface area contributed by atoms with Gasteiger partial charge < -0.3 is 10.1 Å². The van der Waals surface area contributed by atoms with Gasteiger partial charge in [-0.3, -0.25) is 9.52 Å². The van der Waals surface area contributed by atoms with E-state index in [9.17, 15) is 21.6 Å². The second kappa shape index (κ2) is 10.6. The molecule has 1 aliphatic rings. The van der Waals surface area contributed by atoms with Crippen molar-refractivity contribution in [2.75, 3.05) is 36.3 Å². The topological polar surface area (TPSA) is 122 Å². The highest BCUT2D eigenvalue weighted by Gasteiger charge is 2.27. The van der Waals surface area contributed by atoms with Crippen LogP contribution in [0, 0.1) is 6.92 Å². The highest BCUT2D eigenvalue weighted by molar-refractivity contribution is 7.92. The summed E-state index contributed by atoms with van der Waals surface area (Å²) in [5, 5.41) is 2.71. The van der Waals surface area contributed by atoms with E-state index in [-0.39, 0.29) is 33.5 Å². The first kappa shape index (κ1) is 26.1. The fourth-order valence-corrected chi connectivity index (χ4v) is 6.35. The summed E-state index contributed by atoms with van der Waals surface area (Å²) in [5.41, 5.74) is 1.53. The standard InChI is InChI=1S/C24H24ClN3O6S2/c1-17-4-2-3-5-23(17)27-35(30,31)19-8-6-18(7-9-19)26-24(29)21-16-20(10-11-22(21)25)36(32,33)28-12-14-34-15-13-28/h2-11,16,27H,12-15H2,1H3,(H,26,29). The summed E-state index contributed by atoms with van der Waals surface area (Å²) in [6, 6.07) is 16.5. The summed E-state index contributed by atoms with van der Waals surface area (Å²) in [6.07, 6.45) is 0. The van der Waals surface area contributed by atoms with E-state index in [4.69, 9.17) is 16.3 Å². The molecule has 1 aliphatic heterocycles. The predicted octanol–water partition coefficient (Wildman–Crippen LogP) is 3.72. The molecular formula is C24H24ClN3O6S2. The second-order valence-electron chi connectivity index (χ2n) is 8.06. The van der Waals surface area contributed by atoms with Crippen LogP contribution >= 0.6 is 11.6 Å². The molecule has 0 bridgehead atoms. The normalized spacial score (nSPS) is 14.8. The van der Waals surface area contributed by atoms with E-state index in [1.807, 2.05) is 6.07 Å². The number of amides is 1. The number of rotatable bonds is 7. The zero-order valence-electron chi connectivity index (χ0n) is 19.3. The van der Waals surface area contributed by atoms with Gasteiger partial charge in [0, 0.05) is 18.8 Å². The third-order valence-corrected chi connectivity index (χ3v) is 9.21. The number of nitrogens with zero attached hydrogens (tertiary/aromatic N) is 1. The van der Waals surface area contributed by atoms with Crippen molar-refractivity contribution in [2.24, 2.45) is 0 Å². The number of para-hydroxylation sites is 1. The van der Waals surface area contributed by atoms with Crippen LogP contribution in [0.4, 0.5) is 11.4 Å². The molecule has 36 heavy (non-hydrogen) atoms. The van der Waals surface area contributed by atoms with E-state index in [2.05, 4.69) is 10.0 Å². The van der Waals surface area contributed by atoms with Crippen LogP contribution in [-0.4, -0.2) is 53.4 Å². The lowest BCUT2D eigenvalue weighted by atomic mass is 10.2. The number of carbonyl (C=O) groups is 1. The van der Waals surface area contributed by atoms with Gasteiger partial charge in [-0.1, -0.05) is 29.8 Å². The number of carbonyl (C=O) groups excluding carboxylic acids is 1. The van der Waals surface area contributed by atoms with Crippen molar-refractivity contribution in [3.05, 3.63) is 82.9 Å². The van der Waals surface area contributed by atoms with Crippen LogP contribution in [-0.2, 0) is 24.8 Å². The highest BCUT2D eigenvalue weighted by Crippen LogP contribution is 2.25. The van der Waals surface area contributed by atoms with E-state index in [0.717, 1.165) is 5.56 Å². The number of ether oxygens (including phenoxy) is 1. The molecular weight excluding hydrogens is 526 g/mol. The Hall–Kier alpha value is -2.96. The zero-order chi connectivity index (χ0) is 25.9. The molecule has 0 unspecified atom stereocenters. The van der Waals surface area contributed by atoms with Gasteiger partial charge in [-0.2, -0.15) is 4.31 Å². The van der Waals surface area contributed by atoms with Gasteiger partial charge in [-0.25, -0.2) is 16.8 Å². The molecule has 1 amide bonds. The number of halogens is 1. The van der Waals surface area contributed by atoms with Gasteiger partial charge >= 0.3 is 0 Å². The molecule has 9 nitrogen and oxygen atoms in total. The van der Waals surface area contributed by atoms with E-state index >= 15 is 0 Å². The zero-order valence-corrected chi connectivity index (χ0v) is 21.7. The van der Waals surface area contributed by atoms with Crippen LogP contribution < -0.4 is 10.0 Å². The molecule has 3 aromatic carbocycles. The summed E-state index contributed by atoms with van der Waals surface area (Å²) in [4.78, 5) is 12.9. The first-order chi connectivity index (χ1) is 17.1. The minimum atomic E-state index is -3.84. The number of sulfonamides is 2. The van der Waals surface area contributed by atoms with E-state index in [1.54, 1.807) is 25.1 Å². The van der Waals surface area contributed by atoms with Crippen LogP contribution in [0.2, 0.25) is 5.02 Å². The Morgan fingerprint density at radius 3 is 2.22 bits per heavy atom. The molecule has 0 radical (unpaired) electrons. The first-order valence-electron chi connectivity index (χ1n) is 11.0. The van der Waals surface area contributed by atoms with Crippen LogP contribution in [0.25, 0.3) is 0 Å². The monoisotopic (exact) mass is 549 g/mol. The average molecular weight is 550 g/mol. The maximum absolute atomic E-state index is 12.9. The molecule has 0 aliphatic carbocycles. The SMILES string of the molecule is Cc1ccccc1NS(=O)(=O)c1ccc(NC(=O)c2cc(S(=O)(=O)N3CCOCC3)ccc2Cl)cc1. The van der Waals surface area contributed by atoms with Crippen LogP contribution in [0.3, 0.4) is 0 Å². The van der Waals surface area contributed by atoms with E-state index in [1.165, 1.54) is 46.8 Å². The third-order valence-electron chi connectivity index (χ3n) is 5.60. The van der Waals surface area contributed by atoms with Gasteiger partial charge in [0.1, 0.15) is 0 Å².